The lowest BCUT2D eigenvalue weighted by Crippen LogP contribution is -2.50. The largest absolute Gasteiger partial charge is 0.323 e. The minimum absolute atomic E-state index is 0.194. The number of aromatic nitrogens is 2. The van der Waals surface area contributed by atoms with Gasteiger partial charge in [-0.25, -0.2) is 13.2 Å². The normalized spacial score (nSPS) is 19.8. The Morgan fingerprint density at radius 1 is 1.22 bits per heavy atom. The third-order valence-electron chi connectivity index (χ3n) is 5.19. The quantitative estimate of drug-likeness (QED) is 0.867. The molecule has 1 fully saturated rings. The number of piperidine rings is 1. The summed E-state index contributed by atoms with van der Waals surface area (Å²) in [6.07, 6.45) is 3.69. The van der Waals surface area contributed by atoms with Crippen LogP contribution in [-0.2, 0) is 23.5 Å². The summed E-state index contributed by atoms with van der Waals surface area (Å²) in [5.74, 6) is 0.459. The van der Waals surface area contributed by atoms with Crippen LogP contribution in [0, 0.1) is 0 Å². The van der Waals surface area contributed by atoms with Crippen LogP contribution in [0.25, 0.3) is 0 Å². The van der Waals surface area contributed by atoms with E-state index in [1.807, 2.05) is 24.3 Å². The van der Waals surface area contributed by atoms with Crippen LogP contribution in [0.2, 0.25) is 0 Å². The van der Waals surface area contributed by atoms with E-state index in [2.05, 4.69) is 10.4 Å². The molecular weight excluding hydrogens is 366 g/mol. The second-order valence-corrected chi connectivity index (χ2v) is 9.15. The van der Waals surface area contributed by atoms with E-state index in [0.29, 0.717) is 31.7 Å². The van der Waals surface area contributed by atoms with E-state index >= 15 is 0 Å². The Balaban J connectivity index is 1.48. The van der Waals surface area contributed by atoms with E-state index in [1.54, 1.807) is 28.9 Å². The molecule has 1 atom stereocenters. The van der Waals surface area contributed by atoms with Crippen molar-refractivity contribution in [1.82, 2.24) is 14.7 Å². The van der Waals surface area contributed by atoms with Gasteiger partial charge in [0.2, 0.25) is 10.0 Å². The predicted octanol–water partition coefficient (Wildman–Crippen LogP) is 1.81. The van der Waals surface area contributed by atoms with Gasteiger partial charge in [0, 0.05) is 38.9 Å². The Labute approximate surface area is 158 Å². The Kier molecular flexibility index (Phi) is 4.55. The number of fused-ring (bicyclic) bond motifs is 1. The number of anilines is 2. The van der Waals surface area contributed by atoms with Crippen LogP contribution in [0.4, 0.5) is 16.3 Å². The number of amides is 2. The maximum atomic E-state index is 13.2. The van der Waals surface area contributed by atoms with Gasteiger partial charge in [-0.2, -0.15) is 5.10 Å². The summed E-state index contributed by atoms with van der Waals surface area (Å²) in [6, 6.07) is 9.01. The van der Waals surface area contributed by atoms with Gasteiger partial charge in [-0.1, -0.05) is 18.2 Å². The molecule has 3 heterocycles. The molecule has 144 valence electrons. The molecule has 0 spiro atoms. The van der Waals surface area contributed by atoms with Crippen LogP contribution in [-0.4, -0.2) is 54.0 Å². The maximum Gasteiger partial charge on any atom is 0.323 e. The Hall–Kier alpha value is -2.55. The second kappa shape index (κ2) is 6.88. The summed E-state index contributed by atoms with van der Waals surface area (Å²) in [7, 11) is -1.75. The van der Waals surface area contributed by atoms with Crippen LogP contribution in [0.5, 0.6) is 0 Å². The molecule has 1 aromatic carbocycles. The Bertz CT molecular complexity index is 955. The van der Waals surface area contributed by atoms with Gasteiger partial charge >= 0.3 is 6.03 Å². The topological polar surface area (TPSA) is 87.5 Å². The number of sulfonamides is 1. The Morgan fingerprint density at radius 2 is 2.04 bits per heavy atom. The van der Waals surface area contributed by atoms with Gasteiger partial charge < -0.3 is 4.90 Å². The zero-order valence-electron chi connectivity index (χ0n) is 15.2. The van der Waals surface area contributed by atoms with E-state index in [0.717, 1.165) is 17.7 Å². The molecule has 2 aliphatic heterocycles. The monoisotopic (exact) mass is 389 g/mol. The van der Waals surface area contributed by atoms with Crippen molar-refractivity contribution in [3.05, 3.63) is 42.1 Å². The van der Waals surface area contributed by atoms with Crippen LogP contribution in [0.3, 0.4) is 0 Å². The number of nitrogens with one attached hydrogen (secondary N) is 1. The minimum Gasteiger partial charge on any atom is -0.323 e. The maximum absolute atomic E-state index is 13.2. The molecule has 2 aromatic rings. The zero-order valence-corrected chi connectivity index (χ0v) is 16.0. The van der Waals surface area contributed by atoms with E-state index in [1.165, 1.54) is 4.31 Å². The third kappa shape index (κ3) is 3.39. The molecule has 27 heavy (non-hydrogen) atoms. The van der Waals surface area contributed by atoms with Crippen LogP contribution < -0.4 is 9.62 Å². The molecule has 0 aliphatic carbocycles. The molecule has 0 radical (unpaired) electrons. The molecule has 4 rings (SSSR count). The molecule has 8 nitrogen and oxygen atoms in total. The number of carbonyl (C=O) groups excluding carboxylic acids is 1. The number of urea groups is 1. The number of aryl methyl sites for hydroxylation is 1. The van der Waals surface area contributed by atoms with Crippen molar-refractivity contribution in [3.8, 4) is 0 Å². The molecule has 0 bridgehead atoms. The number of nitrogens with zero attached hydrogens (tertiary/aromatic N) is 4. The number of hydrogen-bond donors (Lipinski definition) is 1. The first-order valence-electron chi connectivity index (χ1n) is 9.10. The highest BCUT2D eigenvalue weighted by Crippen LogP contribution is 2.33. The van der Waals surface area contributed by atoms with Crippen molar-refractivity contribution in [2.24, 2.45) is 7.05 Å². The first-order chi connectivity index (χ1) is 12.9. The first-order valence-corrected chi connectivity index (χ1v) is 10.6. The van der Waals surface area contributed by atoms with Crippen molar-refractivity contribution >= 4 is 27.6 Å². The lowest BCUT2D eigenvalue weighted by atomic mass is 10.1. The van der Waals surface area contributed by atoms with Gasteiger partial charge in [-0.15, -0.1) is 0 Å². The average Bonchev–Trinajstić information content (AvgIpc) is 3.28. The molecular formula is C18H23N5O3S. The van der Waals surface area contributed by atoms with Crippen LogP contribution >= 0.6 is 0 Å². The summed E-state index contributed by atoms with van der Waals surface area (Å²) < 4.78 is 29.6. The standard InChI is InChI=1S/C18H23N5O3S/c1-21-11-9-17(20-21)19-18(24)22-10-4-6-15(13-22)27(25,26)23-12-8-14-5-2-3-7-16(14)23/h2-3,5,7,9,11,15H,4,6,8,10,12-13H2,1H3,(H,19,20,24). The lowest BCUT2D eigenvalue weighted by Gasteiger charge is -2.34. The number of hydrogen-bond acceptors (Lipinski definition) is 4. The number of rotatable bonds is 3. The van der Waals surface area contributed by atoms with E-state index < -0.39 is 15.3 Å². The number of likely N-dealkylation sites (tertiary alicyclic amines) is 1. The van der Waals surface area contributed by atoms with Gasteiger partial charge in [0.15, 0.2) is 5.82 Å². The summed E-state index contributed by atoms with van der Waals surface area (Å²) in [5, 5.41) is 6.28. The van der Waals surface area contributed by atoms with Gasteiger partial charge in [-0.3, -0.25) is 14.3 Å². The van der Waals surface area contributed by atoms with Crippen LogP contribution in [0.1, 0.15) is 18.4 Å². The average molecular weight is 389 g/mol. The Morgan fingerprint density at radius 3 is 2.81 bits per heavy atom. The fourth-order valence-electron chi connectivity index (χ4n) is 3.79. The van der Waals surface area contributed by atoms with Gasteiger partial charge in [0.1, 0.15) is 0 Å². The van der Waals surface area contributed by atoms with Gasteiger partial charge in [0.05, 0.1) is 10.9 Å². The third-order valence-corrected chi connectivity index (χ3v) is 7.41. The highest BCUT2D eigenvalue weighted by atomic mass is 32.2. The molecule has 2 aliphatic rings. The summed E-state index contributed by atoms with van der Waals surface area (Å²) in [6.45, 7) is 1.21. The first kappa shape index (κ1) is 17.8. The van der Waals surface area contributed by atoms with Gasteiger partial charge in [0.25, 0.3) is 0 Å². The highest BCUT2D eigenvalue weighted by molar-refractivity contribution is 7.93. The minimum atomic E-state index is -3.52. The van der Waals surface area contributed by atoms with E-state index in [9.17, 15) is 13.2 Å². The predicted molar refractivity (Wildman–Crippen MR) is 103 cm³/mol. The summed E-state index contributed by atoms with van der Waals surface area (Å²) >= 11 is 0. The molecule has 1 unspecified atom stereocenters. The molecule has 0 saturated carbocycles. The molecule has 2 amide bonds. The van der Waals surface area contributed by atoms with E-state index in [-0.39, 0.29) is 12.6 Å². The van der Waals surface area contributed by atoms with Crippen molar-refractivity contribution in [2.75, 3.05) is 29.3 Å². The highest BCUT2D eigenvalue weighted by Gasteiger charge is 2.39. The van der Waals surface area contributed by atoms with Crippen LogP contribution in [0.15, 0.2) is 36.5 Å². The van der Waals surface area contributed by atoms with Gasteiger partial charge in [-0.05, 0) is 30.9 Å². The summed E-state index contributed by atoms with van der Waals surface area (Å²) in [4.78, 5) is 14.1. The molecule has 1 saturated heterocycles. The zero-order chi connectivity index (χ0) is 19.0. The molecule has 9 heteroatoms. The van der Waals surface area contributed by atoms with Crippen molar-refractivity contribution < 1.29 is 13.2 Å². The smallest absolute Gasteiger partial charge is 0.323 e. The number of benzene rings is 1. The lowest BCUT2D eigenvalue weighted by molar-refractivity contribution is 0.200. The fourth-order valence-corrected chi connectivity index (χ4v) is 5.78. The van der Waals surface area contributed by atoms with E-state index in [4.69, 9.17) is 0 Å². The van der Waals surface area contributed by atoms with Crippen molar-refractivity contribution in [3.63, 3.8) is 0 Å². The van der Waals surface area contributed by atoms with Crippen molar-refractivity contribution in [2.45, 2.75) is 24.5 Å². The van der Waals surface area contributed by atoms with Crippen molar-refractivity contribution in [1.29, 1.82) is 0 Å². The molecule has 1 N–H and O–H groups in total. The summed E-state index contributed by atoms with van der Waals surface area (Å²) in [5.41, 5.74) is 1.83. The number of carbonyl (C=O) groups is 1. The second-order valence-electron chi connectivity index (χ2n) is 7.01. The fraction of sp³-hybridized carbons (Fsp3) is 0.444. The number of para-hydroxylation sites is 1. The SMILES string of the molecule is Cn1ccc(NC(=O)N2CCCC(S(=O)(=O)N3CCc4ccccc43)C2)n1. The molecule has 1 aromatic heterocycles.